The molecule has 0 spiro atoms. The summed E-state index contributed by atoms with van der Waals surface area (Å²) < 4.78 is 5.58. The van der Waals surface area contributed by atoms with Crippen LogP contribution in [0.25, 0.3) is 0 Å². The molecule has 0 fully saturated rings. The molecule has 0 aliphatic heterocycles. The Morgan fingerprint density at radius 2 is 1.95 bits per heavy atom. The van der Waals surface area contributed by atoms with Crippen LogP contribution in [-0.4, -0.2) is 30.3 Å². The molecule has 1 aromatic carbocycles. The van der Waals surface area contributed by atoms with Crippen LogP contribution >= 0.6 is 0 Å². The Labute approximate surface area is 121 Å². The first kappa shape index (κ1) is 16.5. The number of nitrogens with one attached hydrogen (secondary N) is 1. The Bertz CT molecular complexity index is 411. The second-order valence-electron chi connectivity index (χ2n) is 5.12. The van der Waals surface area contributed by atoms with Crippen molar-refractivity contribution in [3.05, 3.63) is 29.3 Å². The highest BCUT2D eigenvalue weighted by Crippen LogP contribution is 2.16. The third kappa shape index (κ3) is 6.57. The molecule has 4 heteroatoms. The summed E-state index contributed by atoms with van der Waals surface area (Å²) in [4.78, 5) is 11.6. The van der Waals surface area contributed by atoms with E-state index in [1.54, 1.807) is 0 Å². The van der Waals surface area contributed by atoms with Gasteiger partial charge in [-0.2, -0.15) is 0 Å². The molecule has 20 heavy (non-hydrogen) atoms. The molecule has 1 rings (SSSR count). The van der Waals surface area contributed by atoms with Gasteiger partial charge in [-0.3, -0.25) is 4.79 Å². The third-order valence-electron chi connectivity index (χ3n) is 3.06. The summed E-state index contributed by atoms with van der Waals surface area (Å²) in [5, 5.41) is 12.1. The predicted molar refractivity (Wildman–Crippen MR) is 80.0 cm³/mol. The highest BCUT2D eigenvalue weighted by molar-refractivity contribution is 5.75. The summed E-state index contributed by atoms with van der Waals surface area (Å²) in [5.74, 6) is 0.759. The fourth-order valence-electron chi connectivity index (χ4n) is 1.95. The van der Waals surface area contributed by atoms with Crippen molar-refractivity contribution in [2.24, 2.45) is 0 Å². The van der Waals surface area contributed by atoms with Gasteiger partial charge >= 0.3 is 0 Å². The van der Waals surface area contributed by atoms with Crippen molar-refractivity contribution in [2.45, 2.75) is 46.1 Å². The van der Waals surface area contributed by atoms with Crippen molar-refractivity contribution in [3.8, 4) is 5.75 Å². The second kappa shape index (κ2) is 8.59. The topological polar surface area (TPSA) is 58.6 Å². The van der Waals surface area contributed by atoms with E-state index in [2.05, 4.69) is 11.4 Å². The summed E-state index contributed by atoms with van der Waals surface area (Å²) in [5.41, 5.74) is 2.30. The lowest BCUT2D eigenvalue weighted by molar-refractivity contribution is -0.121. The summed E-state index contributed by atoms with van der Waals surface area (Å²) in [6, 6.07) is 6.00. The zero-order valence-corrected chi connectivity index (χ0v) is 12.6. The Morgan fingerprint density at radius 1 is 1.30 bits per heavy atom. The zero-order chi connectivity index (χ0) is 15.0. The summed E-state index contributed by atoms with van der Waals surface area (Å²) in [6.45, 7) is 6.84. The van der Waals surface area contributed by atoms with Gasteiger partial charge in [0.2, 0.25) is 5.91 Å². The van der Waals surface area contributed by atoms with E-state index in [0.29, 0.717) is 32.4 Å². The van der Waals surface area contributed by atoms with Crippen molar-refractivity contribution in [1.82, 2.24) is 5.32 Å². The molecule has 1 amide bonds. The van der Waals surface area contributed by atoms with Crippen molar-refractivity contribution in [3.63, 3.8) is 0 Å². The first-order valence-corrected chi connectivity index (χ1v) is 7.17. The molecule has 0 saturated carbocycles. The minimum atomic E-state index is -0.332. The van der Waals surface area contributed by atoms with Gasteiger partial charge in [-0.05, 0) is 49.9 Å². The molecular formula is C16H25NO3. The van der Waals surface area contributed by atoms with Gasteiger partial charge in [-0.15, -0.1) is 0 Å². The highest BCUT2D eigenvalue weighted by atomic mass is 16.5. The molecule has 4 nitrogen and oxygen atoms in total. The Morgan fingerprint density at radius 3 is 2.55 bits per heavy atom. The first-order chi connectivity index (χ1) is 9.51. The van der Waals surface area contributed by atoms with Crippen LogP contribution in [0.5, 0.6) is 5.75 Å². The maximum absolute atomic E-state index is 11.6. The van der Waals surface area contributed by atoms with Gasteiger partial charge in [0.25, 0.3) is 0 Å². The smallest absolute Gasteiger partial charge is 0.223 e. The fraction of sp³-hybridized carbons (Fsp3) is 0.562. The maximum atomic E-state index is 11.6. The molecule has 0 saturated heterocycles. The van der Waals surface area contributed by atoms with E-state index in [4.69, 9.17) is 4.74 Å². The van der Waals surface area contributed by atoms with E-state index in [-0.39, 0.29) is 12.0 Å². The van der Waals surface area contributed by atoms with Crippen LogP contribution in [0.1, 0.15) is 37.3 Å². The lowest BCUT2D eigenvalue weighted by Gasteiger charge is -2.10. The average Bonchev–Trinajstić information content (AvgIpc) is 2.37. The van der Waals surface area contributed by atoms with E-state index in [9.17, 15) is 9.90 Å². The molecule has 0 heterocycles. The average molecular weight is 279 g/mol. The van der Waals surface area contributed by atoms with Gasteiger partial charge in [-0.25, -0.2) is 0 Å². The van der Waals surface area contributed by atoms with Crippen LogP contribution in [0.15, 0.2) is 18.2 Å². The predicted octanol–water partition coefficient (Wildman–Crippen LogP) is 2.35. The summed E-state index contributed by atoms with van der Waals surface area (Å²) in [7, 11) is 0. The number of benzene rings is 1. The normalized spacial score (nSPS) is 12.0. The van der Waals surface area contributed by atoms with Crippen molar-refractivity contribution in [1.29, 1.82) is 0 Å². The third-order valence-corrected chi connectivity index (χ3v) is 3.06. The van der Waals surface area contributed by atoms with Crippen molar-refractivity contribution in [2.75, 3.05) is 13.2 Å². The van der Waals surface area contributed by atoms with E-state index in [1.165, 1.54) is 0 Å². The number of ether oxygens (including phenoxy) is 1. The van der Waals surface area contributed by atoms with E-state index in [1.807, 2.05) is 32.9 Å². The molecule has 112 valence electrons. The van der Waals surface area contributed by atoms with Crippen molar-refractivity contribution >= 4 is 5.91 Å². The van der Waals surface area contributed by atoms with Crippen LogP contribution in [-0.2, 0) is 4.79 Å². The standard InChI is InChI=1S/C16H25NO3/c1-4-14(18)5-7-17-16(19)6-8-20-15-10-12(2)9-13(3)11-15/h9-11,14,18H,4-8H2,1-3H3,(H,17,19). The largest absolute Gasteiger partial charge is 0.493 e. The van der Waals surface area contributed by atoms with Crippen molar-refractivity contribution < 1.29 is 14.6 Å². The van der Waals surface area contributed by atoms with Gasteiger partial charge in [-0.1, -0.05) is 13.0 Å². The molecule has 0 radical (unpaired) electrons. The minimum absolute atomic E-state index is 0.0438. The monoisotopic (exact) mass is 279 g/mol. The maximum Gasteiger partial charge on any atom is 0.223 e. The van der Waals surface area contributed by atoms with Crippen LogP contribution in [0.2, 0.25) is 0 Å². The minimum Gasteiger partial charge on any atom is -0.493 e. The molecule has 1 atom stereocenters. The lowest BCUT2D eigenvalue weighted by atomic mass is 10.1. The van der Waals surface area contributed by atoms with Crippen LogP contribution in [0.3, 0.4) is 0 Å². The van der Waals surface area contributed by atoms with Crippen LogP contribution in [0.4, 0.5) is 0 Å². The van der Waals surface area contributed by atoms with E-state index >= 15 is 0 Å². The Kier molecular flexibility index (Phi) is 7.09. The molecule has 0 aliphatic rings. The number of carbonyl (C=O) groups excluding carboxylic acids is 1. The number of aliphatic hydroxyl groups excluding tert-OH is 1. The molecule has 2 N–H and O–H groups in total. The number of hydrogen-bond donors (Lipinski definition) is 2. The number of hydrogen-bond acceptors (Lipinski definition) is 3. The highest BCUT2D eigenvalue weighted by Gasteiger charge is 2.04. The van der Waals surface area contributed by atoms with E-state index < -0.39 is 0 Å². The SMILES string of the molecule is CCC(O)CCNC(=O)CCOc1cc(C)cc(C)c1. The van der Waals surface area contributed by atoms with Crippen LogP contribution < -0.4 is 10.1 Å². The molecular weight excluding hydrogens is 254 g/mol. The van der Waals surface area contributed by atoms with E-state index in [0.717, 1.165) is 16.9 Å². The van der Waals surface area contributed by atoms with Crippen LogP contribution in [0, 0.1) is 13.8 Å². The second-order valence-corrected chi connectivity index (χ2v) is 5.12. The number of amides is 1. The Hall–Kier alpha value is -1.55. The summed E-state index contributed by atoms with van der Waals surface area (Å²) >= 11 is 0. The van der Waals surface area contributed by atoms with Gasteiger partial charge in [0.15, 0.2) is 0 Å². The van der Waals surface area contributed by atoms with Gasteiger partial charge < -0.3 is 15.2 Å². The number of rotatable bonds is 8. The number of carbonyl (C=O) groups is 1. The fourth-order valence-corrected chi connectivity index (χ4v) is 1.95. The number of aliphatic hydroxyl groups is 1. The number of aryl methyl sites for hydroxylation is 2. The summed E-state index contributed by atoms with van der Waals surface area (Å²) in [6.07, 6.45) is 1.31. The van der Waals surface area contributed by atoms with Gasteiger partial charge in [0, 0.05) is 6.54 Å². The molecule has 0 bridgehead atoms. The quantitative estimate of drug-likeness (QED) is 0.768. The molecule has 1 aromatic rings. The van der Waals surface area contributed by atoms with Gasteiger partial charge in [0.05, 0.1) is 19.1 Å². The Balaban J connectivity index is 2.21. The first-order valence-electron chi connectivity index (χ1n) is 7.17. The van der Waals surface area contributed by atoms with Gasteiger partial charge in [0.1, 0.15) is 5.75 Å². The zero-order valence-electron chi connectivity index (χ0n) is 12.6. The molecule has 0 aromatic heterocycles. The lowest BCUT2D eigenvalue weighted by Crippen LogP contribution is -2.28. The molecule has 0 aliphatic carbocycles. The molecule has 1 unspecified atom stereocenters.